The Bertz CT molecular complexity index is 1250. The molecule has 0 radical (unpaired) electrons. The molecule has 1 heterocycles. The summed E-state index contributed by atoms with van der Waals surface area (Å²) in [5.41, 5.74) is 2.25. The smallest absolute Gasteiger partial charge is 0.341 e. The summed E-state index contributed by atoms with van der Waals surface area (Å²) >= 11 is 1.30. The molecule has 0 fully saturated rings. The van der Waals surface area contributed by atoms with E-state index in [2.05, 4.69) is 5.32 Å². The number of carbonyl (C=O) groups excluding carboxylic acids is 2. The Morgan fingerprint density at radius 1 is 1.03 bits per heavy atom. The standard InChI is InChI=1S/C24H26N2O5S2/c1-5-31-24(28)21-16(2)17(3)32-23(21)25-22(27)19-11-13-20(14-12-19)33(29,30)26(4)15-18-9-7-6-8-10-18/h6-14H,5,15H2,1-4H3,(H,25,27). The molecule has 0 saturated carbocycles. The van der Waals surface area contributed by atoms with E-state index in [1.54, 1.807) is 13.8 Å². The van der Waals surface area contributed by atoms with E-state index < -0.39 is 21.9 Å². The second-order valence-electron chi connectivity index (χ2n) is 7.43. The van der Waals surface area contributed by atoms with Crippen molar-refractivity contribution in [3.8, 4) is 0 Å². The van der Waals surface area contributed by atoms with Crippen molar-refractivity contribution >= 4 is 38.2 Å². The molecule has 33 heavy (non-hydrogen) atoms. The summed E-state index contributed by atoms with van der Waals surface area (Å²) < 4.78 is 32.2. The van der Waals surface area contributed by atoms with Crippen LogP contribution < -0.4 is 5.32 Å². The Hall–Kier alpha value is -3.01. The van der Waals surface area contributed by atoms with Gasteiger partial charge in [0, 0.05) is 24.0 Å². The van der Waals surface area contributed by atoms with Crippen LogP contribution in [0.2, 0.25) is 0 Å². The summed E-state index contributed by atoms with van der Waals surface area (Å²) in [5, 5.41) is 3.17. The topological polar surface area (TPSA) is 92.8 Å². The summed E-state index contributed by atoms with van der Waals surface area (Å²) in [5.74, 6) is -0.930. The number of benzene rings is 2. The van der Waals surface area contributed by atoms with Crippen molar-refractivity contribution in [1.82, 2.24) is 4.31 Å². The van der Waals surface area contributed by atoms with Gasteiger partial charge in [-0.05, 0) is 56.2 Å². The quantitative estimate of drug-likeness (QED) is 0.469. The molecular formula is C24H26N2O5S2. The maximum Gasteiger partial charge on any atom is 0.341 e. The maximum absolute atomic E-state index is 12.9. The zero-order valence-corrected chi connectivity index (χ0v) is 20.5. The highest BCUT2D eigenvalue weighted by atomic mass is 32.2. The first-order valence-electron chi connectivity index (χ1n) is 10.3. The van der Waals surface area contributed by atoms with Crippen molar-refractivity contribution in [3.63, 3.8) is 0 Å². The number of ether oxygens (including phenoxy) is 1. The molecule has 1 aromatic heterocycles. The van der Waals surface area contributed by atoms with Crippen LogP contribution in [0, 0.1) is 13.8 Å². The Morgan fingerprint density at radius 2 is 1.67 bits per heavy atom. The molecule has 0 aliphatic rings. The van der Waals surface area contributed by atoms with Crippen LogP contribution in [0.1, 0.15) is 43.6 Å². The van der Waals surface area contributed by atoms with Crippen molar-refractivity contribution < 1.29 is 22.7 Å². The highest BCUT2D eigenvalue weighted by molar-refractivity contribution is 7.89. The molecule has 9 heteroatoms. The molecule has 0 atom stereocenters. The lowest BCUT2D eigenvalue weighted by atomic mass is 10.1. The van der Waals surface area contributed by atoms with Crippen molar-refractivity contribution in [1.29, 1.82) is 0 Å². The fourth-order valence-electron chi connectivity index (χ4n) is 3.22. The van der Waals surface area contributed by atoms with Gasteiger partial charge in [-0.3, -0.25) is 4.79 Å². The third-order valence-electron chi connectivity index (χ3n) is 5.16. The van der Waals surface area contributed by atoms with E-state index in [0.717, 1.165) is 16.0 Å². The third-order valence-corrected chi connectivity index (χ3v) is 8.10. The minimum absolute atomic E-state index is 0.0903. The summed E-state index contributed by atoms with van der Waals surface area (Å²) in [4.78, 5) is 26.1. The highest BCUT2D eigenvalue weighted by Gasteiger charge is 2.24. The van der Waals surface area contributed by atoms with Crippen LogP contribution in [-0.2, 0) is 21.3 Å². The molecule has 174 valence electrons. The number of thiophene rings is 1. The number of esters is 1. The number of rotatable bonds is 8. The highest BCUT2D eigenvalue weighted by Crippen LogP contribution is 2.33. The van der Waals surface area contributed by atoms with Gasteiger partial charge in [-0.1, -0.05) is 30.3 Å². The third kappa shape index (κ3) is 5.50. The summed E-state index contributed by atoms with van der Waals surface area (Å²) in [6, 6.07) is 15.0. The Morgan fingerprint density at radius 3 is 2.27 bits per heavy atom. The van der Waals surface area contributed by atoms with E-state index >= 15 is 0 Å². The lowest BCUT2D eigenvalue weighted by molar-refractivity contribution is 0.0527. The van der Waals surface area contributed by atoms with Crippen molar-refractivity contribution in [2.24, 2.45) is 0 Å². The van der Waals surface area contributed by atoms with Gasteiger partial charge in [0.15, 0.2) is 0 Å². The minimum atomic E-state index is -3.72. The van der Waals surface area contributed by atoms with Gasteiger partial charge in [-0.2, -0.15) is 4.31 Å². The summed E-state index contributed by atoms with van der Waals surface area (Å²) in [6.07, 6.45) is 0. The normalized spacial score (nSPS) is 11.4. The van der Waals surface area contributed by atoms with E-state index in [9.17, 15) is 18.0 Å². The molecule has 0 saturated heterocycles. The molecule has 0 aliphatic carbocycles. The molecule has 3 aromatic rings. The fourth-order valence-corrected chi connectivity index (χ4v) is 5.43. The Kier molecular flexibility index (Phi) is 7.68. The van der Waals surface area contributed by atoms with Gasteiger partial charge in [0.2, 0.25) is 10.0 Å². The Labute approximate surface area is 198 Å². The molecule has 0 unspecified atom stereocenters. The van der Waals surface area contributed by atoms with Gasteiger partial charge in [0.1, 0.15) is 5.00 Å². The molecule has 7 nitrogen and oxygen atoms in total. The Balaban J connectivity index is 1.77. The van der Waals surface area contributed by atoms with E-state index in [1.807, 2.05) is 37.3 Å². The average molecular weight is 487 g/mol. The maximum atomic E-state index is 12.9. The number of aryl methyl sites for hydroxylation is 1. The van der Waals surface area contributed by atoms with E-state index in [4.69, 9.17) is 4.74 Å². The number of anilines is 1. The number of amides is 1. The number of nitrogens with zero attached hydrogens (tertiary/aromatic N) is 1. The second-order valence-corrected chi connectivity index (χ2v) is 10.7. The van der Waals surface area contributed by atoms with Crippen LogP contribution in [0.25, 0.3) is 0 Å². The number of sulfonamides is 1. The van der Waals surface area contributed by atoms with E-state index in [1.165, 1.54) is 47.0 Å². The lowest BCUT2D eigenvalue weighted by Gasteiger charge is -2.17. The zero-order valence-electron chi connectivity index (χ0n) is 18.9. The van der Waals surface area contributed by atoms with Gasteiger partial charge in [0.05, 0.1) is 17.1 Å². The number of hydrogen-bond acceptors (Lipinski definition) is 6. The number of nitrogens with one attached hydrogen (secondary N) is 1. The van der Waals surface area contributed by atoms with Gasteiger partial charge >= 0.3 is 5.97 Å². The molecule has 0 aliphatic heterocycles. The second kappa shape index (κ2) is 10.3. The minimum Gasteiger partial charge on any atom is -0.462 e. The van der Waals surface area contributed by atoms with Crippen molar-refractivity contribution in [2.75, 3.05) is 19.0 Å². The average Bonchev–Trinajstić information content (AvgIpc) is 3.07. The molecule has 0 spiro atoms. The van der Waals surface area contributed by atoms with E-state index in [-0.39, 0.29) is 23.6 Å². The van der Waals surface area contributed by atoms with Gasteiger partial charge in [-0.15, -0.1) is 11.3 Å². The molecule has 1 amide bonds. The monoisotopic (exact) mass is 486 g/mol. The largest absolute Gasteiger partial charge is 0.462 e. The molecule has 1 N–H and O–H groups in total. The first-order valence-corrected chi connectivity index (χ1v) is 12.6. The first kappa shape index (κ1) is 24.6. The first-order chi connectivity index (χ1) is 15.6. The molecule has 0 bridgehead atoms. The zero-order chi connectivity index (χ0) is 24.2. The molecular weight excluding hydrogens is 460 g/mol. The van der Waals surface area contributed by atoms with Gasteiger partial charge in [0.25, 0.3) is 5.91 Å². The predicted molar refractivity (Wildman–Crippen MR) is 129 cm³/mol. The number of hydrogen-bond donors (Lipinski definition) is 1. The lowest BCUT2D eigenvalue weighted by Crippen LogP contribution is -2.26. The predicted octanol–water partition coefficient (Wildman–Crippen LogP) is 4.61. The fraction of sp³-hybridized carbons (Fsp3) is 0.250. The summed E-state index contributed by atoms with van der Waals surface area (Å²) in [6.45, 7) is 5.86. The van der Waals surface area contributed by atoms with Crippen LogP contribution in [0.5, 0.6) is 0 Å². The number of carbonyl (C=O) groups is 2. The SMILES string of the molecule is CCOC(=O)c1c(NC(=O)c2ccc(S(=O)(=O)N(C)Cc3ccccc3)cc2)sc(C)c1C. The summed E-state index contributed by atoms with van der Waals surface area (Å²) in [7, 11) is -2.21. The van der Waals surface area contributed by atoms with Crippen LogP contribution in [-0.4, -0.2) is 38.3 Å². The van der Waals surface area contributed by atoms with Crippen LogP contribution in [0.4, 0.5) is 5.00 Å². The van der Waals surface area contributed by atoms with Crippen LogP contribution in [0.3, 0.4) is 0 Å². The van der Waals surface area contributed by atoms with Crippen molar-refractivity contribution in [3.05, 3.63) is 81.7 Å². The van der Waals surface area contributed by atoms with E-state index in [0.29, 0.717) is 10.6 Å². The van der Waals surface area contributed by atoms with Gasteiger partial charge < -0.3 is 10.1 Å². The van der Waals surface area contributed by atoms with Gasteiger partial charge in [-0.25, -0.2) is 13.2 Å². The van der Waals surface area contributed by atoms with Crippen LogP contribution in [0.15, 0.2) is 59.5 Å². The molecule has 2 aromatic carbocycles. The van der Waals surface area contributed by atoms with Crippen molar-refractivity contribution in [2.45, 2.75) is 32.2 Å². The molecule has 3 rings (SSSR count). The van der Waals surface area contributed by atoms with Crippen LogP contribution >= 0.6 is 11.3 Å².